The van der Waals surface area contributed by atoms with Crippen LogP contribution in [0, 0.1) is 11.7 Å². The van der Waals surface area contributed by atoms with Crippen LogP contribution in [0.5, 0.6) is 0 Å². The summed E-state index contributed by atoms with van der Waals surface area (Å²) in [6, 6.07) is 4.55. The van der Waals surface area contributed by atoms with Gasteiger partial charge in [0.1, 0.15) is 5.82 Å². The molecule has 0 heterocycles. The highest BCUT2D eigenvalue weighted by Gasteiger charge is 2.02. The molecule has 1 aromatic rings. The minimum atomic E-state index is -0.406. The second-order valence-corrected chi connectivity index (χ2v) is 4.56. The van der Waals surface area contributed by atoms with Crippen molar-refractivity contribution >= 4 is 29.9 Å². The minimum absolute atomic E-state index is 0. The van der Waals surface area contributed by atoms with E-state index in [1.807, 2.05) is 0 Å². The summed E-state index contributed by atoms with van der Waals surface area (Å²) in [5.41, 5.74) is 6.77. The van der Waals surface area contributed by atoms with Crippen molar-refractivity contribution in [3.8, 4) is 0 Å². The normalized spacial score (nSPS) is 11.3. The molecule has 0 amide bonds. The Labute approximate surface area is 130 Å². The summed E-state index contributed by atoms with van der Waals surface area (Å²) in [6.45, 7) is 4.97. The molecular weight excluding hydrogens is 360 g/mol. The number of rotatable bonds is 5. The van der Waals surface area contributed by atoms with Gasteiger partial charge in [0.2, 0.25) is 0 Å². The smallest absolute Gasteiger partial charge is 0.188 e. The quantitative estimate of drug-likeness (QED) is 0.415. The van der Waals surface area contributed by atoms with Crippen LogP contribution in [0.15, 0.2) is 23.2 Å². The van der Waals surface area contributed by atoms with Crippen molar-refractivity contribution in [3.05, 3.63) is 35.1 Å². The Morgan fingerprint density at radius 3 is 2.74 bits per heavy atom. The van der Waals surface area contributed by atoms with Crippen molar-refractivity contribution in [2.24, 2.45) is 16.6 Å². The molecule has 19 heavy (non-hydrogen) atoms. The van der Waals surface area contributed by atoms with Gasteiger partial charge in [-0.2, -0.15) is 0 Å². The molecule has 0 atom stereocenters. The van der Waals surface area contributed by atoms with Crippen LogP contribution >= 0.6 is 24.0 Å². The van der Waals surface area contributed by atoms with Gasteiger partial charge in [-0.05, 0) is 23.6 Å². The molecular formula is C13H21FIN3O. The summed E-state index contributed by atoms with van der Waals surface area (Å²) < 4.78 is 13.1. The molecule has 1 rings (SSSR count). The zero-order chi connectivity index (χ0) is 13.5. The first-order valence-electron chi connectivity index (χ1n) is 5.95. The van der Waals surface area contributed by atoms with Gasteiger partial charge >= 0.3 is 0 Å². The second kappa shape index (κ2) is 9.08. The molecule has 4 nitrogen and oxygen atoms in total. The van der Waals surface area contributed by atoms with E-state index in [0.717, 1.165) is 12.1 Å². The summed E-state index contributed by atoms with van der Waals surface area (Å²) >= 11 is 0. The number of aliphatic hydroxyl groups excluding tert-OH is 1. The summed E-state index contributed by atoms with van der Waals surface area (Å²) in [4.78, 5) is 4.15. The molecule has 0 fully saturated rings. The zero-order valence-corrected chi connectivity index (χ0v) is 13.5. The van der Waals surface area contributed by atoms with Crippen molar-refractivity contribution < 1.29 is 9.50 Å². The fourth-order valence-corrected chi connectivity index (χ4v) is 1.39. The van der Waals surface area contributed by atoms with Crippen LogP contribution < -0.4 is 11.1 Å². The van der Waals surface area contributed by atoms with E-state index in [1.165, 1.54) is 6.07 Å². The first kappa shape index (κ1) is 18.1. The Kier molecular flexibility index (Phi) is 8.66. The highest BCUT2D eigenvalue weighted by atomic mass is 127. The van der Waals surface area contributed by atoms with E-state index >= 15 is 0 Å². The maximum absolute atomic E-state index is 13.1. The van der Waals surface area contributed by atoms with Crippen molar-refractivity contribution in [1.29, 1.82) is 0 Å². The molecule has 0 aliphatic rings. The summed E-state index contributed by atoms with van der Waals surface area (Å²) in [5.74, 6) is 0.459. The van der Waals surface area contributed by atoms with Crippen LogP contribution in [0.2, 0.25) is 0 Å². The maximum Gasteiger partial charge on any atom is 0.188 e. The van der Waals surface area contributed by atoms with Gasteiger partial charge in [-0.15, -0.1) is 24.0 Å². The molecule has 0 saturated heterocycles. The van der Waals surface area contributed by atoms with Crippen LogP contribution in [0.25, 0.3) is 0 Å². The number of aliphatic hydroxyl groups is 1. The lowest BCUT2D eigenvalue weighted by Crippen LogP contribution is -2.34. The predicted molar refractivity (Wildman–Crippen MR) is 85.9 cm³/mol. The van der Waals surface area contributed by atoms with Gasteiger partial charge in [-0.25, -0.2) is 9.38 Å². The van der Waals surface area contributed by atoms with Gasteiger partial charge in [0.15, 0.2) is 5.96 Å². The number of nitrogens with zero attached hydrogens (tertiary/aromatic N) is 1. The molecule has 0 aromatic heterocycles. The topological polar surface area (TPSA) is 70.6 Å². The molecule has 0 aliphatic heterocycles. The summed E-state index contributed by atoms with van der Waals surface area (Å²) in [6.07, 6.45) is 0. The number of nitrogens with two attached hydrogens (primary N) is 1. The largest absolute Gasteiger partial charge is 0.392 e. The lowest BCUT2D eigenvalue weighted by Gasteiger charge is -2.08. The number of aliphatic imine (C=N–C) groups is 1. The lowest BCUT2D eigenvalue weighted by molar-refractivity contribution is 0.275. The van der Waals surface area contributed by atoms with E-state index < -0.39 is 5.82 Å². The molecule has 108 valence electrons. The Morgan fingerprint density at radius 1 is 1.47 bits per heavy atom. The molecule has 4 N–H and O–H groups in total. The van der Waals surface area contributed by atoms with E-state index in [-0.39, 0.29) is 36.1 Å². The van der Waals surface area contributed by atoms with Crippen LogP contribution in [0.3, 0.4) is 0 Å². The molecule has 0 radical (unpaired) electrons. The number of benzene rings is 1. The van der Waals surface area contributed by atoms with Crippen molar-refractivity contribution in [1.82, 2.24) is 5.32 Å². The average Bonchev–Trinajstić information content (AvgIpc) is 2.35. The summed E-state index contributed by atoms with van der Waals surface area (Å²) in [5, 5.41) is 11.9. The second-order valence-electron chi connectivity index (χ2n) is 4.56. The SMILES string of the molecule is CC(C)CNC(N)=NCc1ccc(F)c(CO)c1.I. The highest BCUT2D eigenvalue weighted by Crippen LogP contribution is 2.11. The van der Waals surface area contributed by atoms with Gasteiger partial charge in [0, 0.05) is 12.1 Å². The van der Waals surface area contributed by atoms with Gasteiger partial charge < -0.3 is 16.2 Å². The fourth-order valence-electron chi connectivity index (χ4n) is 1.39. The molecule has 1 aromatic carbocycles. The average molecular weight is 381 g/mol. The van der Waals surface area contributed by atoms with Gasteiger partial charge in [-0.3, -0.25) is 0 Å². The third-order valence-electron chi connectivity index (χ3n) is 2.40. The van der Waals surface area contributed by atoms with Crippen LogP contribution in [-0.4, -0.2) is 17.6 Å². The van der Waals surface area contributed by atoms with Crippen molar-refractivity contribution in [2.45, 2.75) is 27.0 Å². The standard InChI is InChI=1S/C13H20FN3O.HI/c1-9(2)6-16-13(15)17-7-10-3-4-12(14)11(5-10)8-18;/h3-5,9,18H,6-8H2,1-2H3,(H3,15,16,17);1H. The molecule has 0 unspecified atom stereocenters. The van der Waals surface area contributed by atoms with Crippen LogP contribution in [0.4, 0.5) is 4.39 Å². The highest BCUT2D eigenvalue weighted by molar-refractivity contribution is 14.0. The third kappa shape index (κ3) is 6.72. The number of nitrogens with one attached hydrogen (secondary N) is 1. The van der Waals surface area contributed by atoms with E-state index in [9.17, 15) is 4.39 Å². The maximum atomic E-state index is 13.1. The van der Waals surface area contributed by atoms with E-state index in [1.54, 1.807) is 12.1 Å². The Morgan fingerprint density at radius 2 is 2.16 bits per heavy atom. The zero-order valence-electron chi connectivity index (χ0n) is 11.2. The van der Waals surface area contributed by atoms with E-state index in [2.05, 4.69) is 24.2 Å². The number of hydrogen-bond donors (Lipinski definition) is 3. The molecule has 0 saturated carbocycles. The molecule has 0 aliphatic carbocycles. The molecule has 0 bridgehead atoms. The number of guanidine groups is 1. The summed E-state index contributed by atoms with van der Waals surface area (Å²) in [7, 11) is 0. The van der Waals surface area contributed by atoms with Gasteiger partial charge in [-0.1, -0.05) is 19.9 Å². The van der Waals surface area contributed by atoms with Crippen LogP contribution in [0.1, 0.15) is 25.0 Å². The Bertz CT molecular complexity index is 424. The minimum Gasteiger partial charge on any atom is -0.392 e. The Hall–Kier alpha value is -0.890. The van der Waals surface area contributed by atoms with E-state index in [4.69, 9.17) is 10.8 Å². The molecule has 6 heteroatoms. The predicted octanol–water partition coefficient (Wildman–Crippen LogP) is 2.00. The van der Waals surface area contributed by atoms with Gasteiger partial charge in [0.05, 0.1) is 13.2 Å². The monoisotopic (exact) mass is 381 g/mol. The molecule has 0 spiro atoms. The van der Waals surface area contributed by atoms with Gasteiger partial charge in [0.25, 0.3) is 0 Å². The van der Waals surface area contributed by atoms with Crippen molar-refractivity contribution in [3.63, 3.8) is 0 Å². The number of hydrogen-bond acceptors (Lipinski definition) is 2. The first-order valence-corrected chi connectivity index (χ1v) is 5.95. The van der Waals surface area contributed by atoms with Crippen molar-refractivity contribution in [2.75, 3.05) is 6.54 Å². The lowest BCUT2D eigenvalue weighted by atomic mass is 10.1. The first-order chi connectivity index (χ1) is 8.52. The third-order valence-corrected chi connectivity index (χ3v) is 2.40. The van der Waals surface area contributed by atoms with E-state index in [0.29, 0.717) is 18.4 Å². The fraction of sp³-hybridized carbons (Fsp3) is 0.462. The van der Waals surface area contributed by atoms with Crippen LogP contribution in [-0.2, 0) is 13.2 Å². The number of halogens is 2. The Balaban J connectivity index is 0.00000324.